The minimum Gasteiger partial charge on any atom is -0.444 e. The molecule has 1 N–H and O–H groups in total. The Morgan fingerprint density at radius 1 is 1.18 bits per heavy atom. The van der Waals surface area contributed by atoms with Crippen LogP contribution >= 0.6 is 12.2 Å². The van der Waals surface area contributed by atoms with Crippen LogP contribution in [-0.2, 0) is 11.4 Å². The molecule has 1 amide bonds. The Balaban J connectivity index is 1.54. The van der Waals surface area contributed by atoms with E-state index in [-0.39, 0.29) is 6.09 Å². The quantitative estimate of drug-likeness (QED) is 0.793. The van der Waals surface area contributed by atoms with Gasteiger partial charge >= 0.3 is 6.09 Å². The third-order valence-corrected chi connectivity index (χ3v) is 4.61. The van der Waals surface area contributed by atoms with Gasteiger partial charge in [-0.25, -0.2) is 9.48 Å². The van der Waals surface area contributed by atoms with Crippen molar-refractivity contribution in [3.63, 3.8) is 0 Å². The Morgan fingerprint density at radius 2 is 1.86 bits per heavy atom. The van der Waals surface area contributed by atoms with Crippen molar-refractivity contribution in [3.05, 3.63) is 46.5 Å². The number of aromatic nitrogens is 3. The minimum atomic E-state index is -0.471. The first-order valence-electron chi connectivity index (χ1n) is 9.40. The second kappa shape index (κ2) is 8.70. The molecule has 1 saturated heterocycles. The Bertz CT molecular complexity index is 874. The molecule has 28 heavy (non-hydrogen) atoms. The number of H-pyrrole nitrogens is 1. The highest BCUT2D eigenvalue weighted by Crippen LogP contribution is 2.12. The highest BCUT2D eigenvalue weighted by molar-refractivity contribution is 7.71. The van der Waals surface area contributed by atoms with Gasteiger partial charge in [-0.1, -0.05) is 36.4 Å². The average molecular weight is 402 g/mol. The minimum absolute atomic E-state index is 0.251. The fraction of sp³-hybridized carbons (Fsp3) is 0.450. The van der Waals surface area contributed by atoms with E-state index in [0.717, 1.165) is 24.5 Å². The first kappa shape index (κ1) is 20.3. The van der Waals surface area contributed by atoms with Crippen molar-refractivity contribution in [2.45, 2.75) is 33.0 Å². The topological polar surface area (TPSA) is 66.4 Å². The normalized spacial score (nSPS) is 15.9. The van der Waals surface area contributed by atoms with E-state index in [1.807, 2.05) is 67.9 Å². The number of piperazine rings is 1. The molecule has 8 heteroatoms. The van der Waals surface area contributed by atoms with Crippen LogP contribution in [0, 0.1) is 4.77 Å². The van der Waals surface area contributed by atoms with Gasteiger partial charge in [-0.2, -0.15) is 4.98 Å². The first-order valence-corrected chi connectivity index (χ1v) is 9.81. The summed E-state index contributed by atoms with van der Waals surface area (Å²) < 4.78 is 7.81. The zero-order valence-corrected chi connectivity index (χ0v) is 17.4. The fourth-order valence-electron chi connectivity index (χ4n) is 2.88. The maximum Gasteiger partial charge on any atom is 0.410 e. The van der Waals surface area contributed by atoms with E-state index < -0.39 is 5.60 Å². The van der Waals surface area contributed by atoms with Gasteiger partial charge in [-0.3, -0.25) is 10.00 Å². The second-order valence-corrected chi connectivity index (χ2v) is 8.16. The molecule has 2 heterocycles. The van der Waals surface area contributed by atoms with Crippen LogP contribution < -0.4 is 0 Å². The third-order valence-electron chi connectivity index (χ3n) is 4.30. The highest BCUT2D eigenvalue weighted by atomic mass is 32.1. The van der Waals surface area contributed by atoms with Gasteiger partial charge in [0.25, 0.3) is 0 Å². The summed E-state index contributed by atoms with van der Waals surface area (Å²) >= 11 is 5.37. The molecule has 0 saturated carbocycles. The van der Waals surface area contributed by atoms with Crippen LogP contribution in [0.3, 0.4) is 0 Å². The largest absolute Gasteiger partial charge is 0.444 e. The van der Waals surface area contributed by atoms with Crippen LogP contribution in [-0.4, -0.2) is 62.4 Å². The van der Waals surface area contributed by atoms with E-state index >= 15 is 0 Å². The lowest BCUT2D eigenvalue weighted by atomic mass is 10.2. The van der Waals surface area contributed by atoms with Crippen LogP contribution in [0.5, 0.6) is 0 Å². The molecular formula is C20H27N5O2S. The molecule has 0 atom stereocenters. The molecule has 0 aliphatic carbocycles. The number of benzene rings is 1. The number of carbonyl (C=O) groups excluding carboxylic acids is 1. The predicted octanol–water partition coefficient (Wildman–Crippen LogP) is 3.62. The summed E-state index contributed by atoms with van der Waals surface area (Å²) in [6.45, 7) is 9.05. The van der Waals surface area contributed by atoms with E-state index in [2.05, 4.69) is 15.0 Å². The predicted molar refractivity (Wildman–Crippen MR) is 112 cm³/mol. The zero-order chi connectivity index (χ0) is 20.1. The van der Waals surface area contributed by atoms with Gasteiger partial charge in [-0.15, -0.1) is 0 Å². The third kappa shape index (κ3) is 5.77. The number of amides is 1. The maximum absolute atomic E-state index is 12.2. The lowest BCUT2D eigenvalue weighted by Gasteiger charge is -2.35. The van der Waals surface area contributed by atoms with Gasteiger partial charge in [0.1, 0.15) is 11.4 Å². The van der Waals surface area contributed by atoms with Crippen LogP contribution in [0.4, 0.5) is 4.79 Å². The summed E-state index contributed by atoms with van der Waals surface area (Å²) in [5.74, 6) is 0.723. The molecule has 0 radical (unpaired) electrons. The van der Waals surface area contributed by atoms with Gasteiger partial charge in [-0.05, 0) is 44.6 Å². The molecule has 150 valence electrons. The van der Waals surface area contributed by atoms with Gasteiger partial charge < -0.3 is 9.64 Å². The van der Waals surface area contributed by atoms with E-state index in [9.17, 15) is 4.79 Å². The van der Waals surface area contributed by atoms with Crippen LogP contribution in [0.25, 0.3) is 12.2 Å². The Hall–Kier alpha value is -2.45. The van der Waals surface area contributed by atoms with Gasteiger partial charge in [0.05, 0.1) is 6.67 Å². The Kier molecular flexibility index (Phi) is 6.31. The number of aromatic amines is 1. The highest BCUT2D eigenvalue weighted by Gasteiger charge is 2.26. The smallest absolute Gasteiger partial charge is 0.410 e. The molecule has 0 spiro atoms. The van der Waals surface area contributed by atoms with E-state index in [0.29, 0.717) is 24.5 Å². The Morgan fingerprint density at radius 3 is 2.50 bits per heavy atom. The molecule has 1 aliphatic rings. The molecule has 1 aliphatic heterocycles. The summed E-state index contributed by atoms with van der Waals surface area (Å²) in [4.78, 5) is 20.6. The molecule has 2 aromatic rings. The number of ether oxygens (including phenoxy) is 1. The molecule has 1 aromatic heterocycles. The molecule has 3 rings (SSSR count). The molecular weight excluding hydrogens is 374 g/mol. The number of hydrogen-bond donors (Lipinski definition) is 1. The molecule has 7 nitrogen and oxygen atoms in total. The van der Waals surface area contributed by atoms with Crippen LogP contribution in [0.15, 0.2) is 30.3 Å². The lowest BCUT2D eigenvalue weighted by Crippen LogP contribution is -2.50. The van der Waals surface area contributed by atoms with Gasteiger partial charge in [0, 0.05) is 26.2 Å². The fourth-order valence-corrected chi connectivity index (χ4v) is 3.08. The number of rotatable bonds is 4. The molecule has 1 fully saturated rings. The molecule has 0 unspecified atom stereocenters. The van der Waals surface area contributed by atoms with Gasteiger partial charge in [0.2, 0.25) is 4.77 Å². The van der Waals surface area contributed by atoms with Crippen molar-refractivity contribution in [2.75, 3.05) is 26.2 Å². The van der Waals surface area contributed by atoms with Crippen molar-refractivity contribution in [1.82, 2.24) is 24.6 Å². The van der Waals surface area contributed by atoms with Crippen LogP contribution in [0.2, 0.25) is 0 Å². The van der Waals surface area contributed by atoms with Crippen molar-refractivity contribution >= 4 is 30.5 Å². The average Bonchev–Trinajstić information content (AvgIpc) is 2.99. The second-order valence-electron chi connectivity index (χ2n) is 7.79. The Labute approximate surface area is 170 Å². The van der Waals surface area contributed by atoms with Gasteiger partial charge in [0.15, 0.2) is 0 Å². The molecule has 1 aromatic carbocycles. The number of carbonyl (C=O) groups is 1. The zero-order valence-electron chi connectivity index (χ0n) is 16.6. The maximum atomic E-state index is 12.2. The van der Waals surface area contributed by atoms with Crippen molar-refractivity contribution in [3.8, 4) is 0 Å². The van der Waals surface area contributed by atoms with E-state index in [1.54, 1.807) is 4.90 Å². The summed E-state index contributed by atoms with van der Waals surface area (Å²) in [7, 11) is 0. The van der Waals surface area contributed by atoms with Crippen molar-refractivity contribution < 1.29 is 9.53 Å². The van der Waals surface area contributed by atoms with Crippen molar-refractivity contribution in [1.29, 1.82) is 0 Å². The van der Waals surface area contributed by atoms with E-state index in [1.165, 1.54) is 0 Å². The first-order chi connectivity index (χ1) is 13.3. The summed E-state index contributed by atoms with van der Waals surface area (Å²) in [6.07, 6.45) is 3.67. The molecule has 0 bridgehead atoms. The van der Waals surface area contributed by atoms with E-state index in [4.69, 9.17) is 17.0 Å². The number of nitrogens with zero attached hydrogens (tertiary/aromatic N) is 4. The standard InChI is InChI=1S/C20H27N5O2S/c1-20(2,3)27-19(26)24-13-11-23(12-14-24)15-25-18(28)21-17(22-25)10-9-16-7-5-4-6-8-16/h4-10H,11-15H2,1-3H3,(H,21,22,28)/b10-9+. The van der Waals surface area contributed by atoms with Crippen LogP contribution in [0.1, 0.15) is 32.2 Å². The monoisotopic (exact) mass is 401 g/mol. The number of nitrogens with one attached hydrogen (secondary N) is 1. The lowest BCUT2D eigenvalue weighted by molar-refractivity contribution is 0.0113. The number of hydrogen-bond acceptors (Lipinski definition) is 5. The summed E-state index contributed by atoms with van der Waals surface area (Å²) in [6, 6.07) is 10.1. The summed E-state index contributed by atoms with van der Waals surface area (Å²) in [5, 5.41) is 3.23. The SMILES string of the molecule is CC(C)(C)OC(=O)N1CCN(Cn2[nH]c(/C=C/c3ccccc3)nc2=S)CC1. The summed E-state index contributed by atoms with van der Waals surface area (Å²) in [5.41, 5.74) is 0.635. The van der Waals surface area contributed by atoms with Crippen molar-refractivity contribution in [2.24, 2.45) is 0 Å².